The van der Waals surface area contributed by atoms with Crippen molar-refractivity contribution in [3.8, 4) is 11.1 Å². The molecule has 2 aromatic heterocycles. The van der Waals surface area contributed by atoms with Gasteiger partial charge in [-0.2, -0.15) is 0 Å². The molecule has 0 unspecified atom stereocenters. The van der Waals surface area contributed by atoms with Gasteiger partial charge >= 0.3 is 0 Å². The van der Waals surface area contributed by atoms with Gasteiger partial charge in [0.2, 0.25) is 0 Å². The molecule has 8 heteroatoms. The highest BCUT2D eigenvalue weighted by molar-refractivity contribution is 5.94. The zero-order chi connectivity index (χ0) is 22.5. The molecule has 1 aliphatic heterocycles. The average molecular weight is 432 g/mol. The Labute approximate surface area is 186 Å². The summed E-state index contributed by atoms with van der Waals surface area (Å²) >= 11 is 0. The number of nitrogen functional groups attached to an aromatic ring is 1. The Hall–Kier alpha value is -3.49. The summed E-state index contributed by atoms with van der Waals surface area (Å²) in [6.07, 6.45) is 6.17. The zero-order valence-electron chi connectivity index (χ0n) is 18.1. The van der Waals surface area contributed by atoms with Crippen LogP contribution >= 0.6 is 0 Å². The Morgan fingerprint density at radius 2 is 1.91 bits per heavy atom. The molecule has 3 heterocycles. The van der Waals surface area contributed by atoms with Gasteiger partial charge in [0.15, 0.2) is 0 Å². The van der Waals surface area contributed by atoms with Crippen molar-refractivity contribution in [1.29, 1.82) is 0 Å². The predicted octanol–water partition coefficient (Wildman–Crippen LogP) is 3.42. The molecule has 0 aliphatic carbocycles. The van der Waals surface area contributed by atoms with E-state index in [1.165, 1.54) is 18.6 Å². The van der Waals surface area contributed by atoms with Gasteiger partial charge in [-0.1, -0.05) is 6.07 Å². The minimum Gasteiger partial charge on any atom is -0.384 e. The number of likely N-dealkylation sites (N-methyl/N-ethyl adjacent to an activating group) is 1. The fourth-order valence-electron chi connectivity index (χ4n) is 3.79. The molecule has 0 spiro atoms. The minimum atomic E-state index is -0.241. The highest BCUT2D eigenvalue weighted by atomic mass is 19.1. The Morgan fingerprint density at radius 1 is 1.12 bits per heavy atom. The Bertz CT molecular complexity index is 1180. The van der Waals surface area contributed by atoms with E-state index >= 15 is 0 Å². The number of pyridine rings is 1. The zero-order valence-corrected chi connectivity index (χ0v) is 18.1. The van der Waals surface area contributed by atoms with Crippen LogP contribution in [0.15, 0.2) is 66.0 Å². The molecule has 0 amide bonds. The monoisotopic (exact) mass is 431 g/mol. The Balaban J connectivity index is 1.69. The summed E-state index contributed by atoms with van der Waals surface area (Å²) in [6, 6.07) is 9.55. The number of rotatable bonds is 6. The third kappa shape index (κ3) is 5.04. The maximum absolute atomic E-state index is 15.0. The maximum atomic E-state index is 15.0. The number of nitrogens with two attached hydrogens (primary N) is 1. The van der Waals surface area contributed by atoms with Gasteiger partial charge in [-0.25, -0.2) is 19.3 Å². The van der Waals surface area contributed by atoms with Crippen LogP contribution in [-0.4, -0.2) is 71.2 Å². The number of aromatic nitrogens is 3. The van der Waals surface area contributed by atoms with E-state index in [9.17, 15) is 4.39 Å². The second kappa shape index (κ2) is 9.76. The summed E-state index contributed by atoms with van der Waals surface area (Å²) in [7, 11) is 2.08. The van der Waals surface area contributed by atoms with E-state index in [4.69, 9.17) is 5.73 Å². The highest BCUT2D eigenvalue weighted by Crippen LogP contribution is 2.29. The number of fused-ring (bicyclic) bond motifs is 1. The molecule has 4 rings (SSSR count). The van der Waals surface area contributed by atoms with Gasteiger partial charge in [-0.3, -0.25) is 9.89 Å². The minimum absolute atomic E-state index is 0.241. The van der Waals surface area contributed by atoms with E-state index in [0.29, 0.717) is 17.1 Å². The van der Waals surface area contributed by atoms with Crippen LogP contribution in [-0.2, 0) is 0 Å². The largest absolute Gasteiger partial charge is 0.384 e. The Morgan fingerprint density at radius 3 is 2.66 bits per heavy atom. The number of benzene rings is 1. The molecule has 0 atom stereocenters. The number of allylic oxidation sites excluding steroid dienone is 2. The van der Waals surface area contributed by atoms with Crippen molar-refractivity contribution >= 4 is 29.0 Å². The smallest absolute Gasteiger partial charge is 0.123 e. The van der Waals surface area contributed by atoms with E-state index in [-0.39, 0.29) is 12.4 Å². The number of halogens is 1. The Kier molecular flexibility index (Phi) is 6.63. The number of aliphatic imine (C=N–C) groups is 1. The first-order chi connectivity index (χ1) is 15.5. The van der Waals surface area contributed by atoms with Crippen molar-refractivity contribution in [2.24, 2.45) is 4.99 Å². The first kappa shape index (κ1) is 21.7. The molecule has 32 heavy (non-hydrogen) atoms. The molecular formula is C24H26FN7. The summed E-state index contributed by atoms with van der Waals surface area (Å²) in [5.41, 5.74) is 9.61. The van der Waals surface area contributed by atoms with Crippen molar-refractivity contribution in [3.05, 3.63) is 66.7 Å². The van der Waals surface area contributed by atoms with Crippen molar-refractivity contribution in [2.75, 3.05) is 45.5 Å². The molecule has 1 aliphatic rings. The van der Waals surface area contributed by atoms with Crippen LogP contribution in [0.4, 0.5) is 10.2 Å². The SMILES string of the molecule is C=N/C=C(\C=C(\F)CN1CCN(C)CC1)c1ncnc2ccc(-c3ccnc(N)c3)cc12. The van der Waals surface area contributed by atoms with Crippen LogP contribution in [0.25, 0.3) is 27.6 Å². The molecule has 1 fully saturated rings. The number of nitrogens with zero attached hydrogens (tertiary/aromatic N) is 6. The van der Waals surface area contributed by atoms with Gasteiger partial charge in [-0.15, -0.1) is 0 Å². The number of piperazine rings is 1. The quantitative estimate of drug-likeness (QED) is 0.476. The van der Waals surface area contributed by atoms with Crippen molar-refractivity contribution in [1.82, 2.24) is 24.8 Å². The number of hydrogen-bond acceptors (Lipinski definition) is 7. The van der Waals surface area contributed by atoms with Crippen LogP contribution in [0.2, 0.25) is 0 Å². The van der Waals surface area contributed by atoms with Crippen LogP contribution < -0.4 is 5.73 Å². The summed E-state index contributed by atoms with van der Waals surface area (Å²) < 4.78 is 15.0. The normalized spacial score (nSPS) is 16.4. The molecular weight excluding hydrogens is 405 g/mol. The lowest BCUT2D eigenvalue weighted by Gasteiger charge is -2.31. The molecule has 2 N–H and O–H groups in total. The summed E-state index contributed by atoms with van der Waals surface area (Å²) in [6.45, 7) is 7.36. The second-order valence-corrected chi connectivity index (χ2v) is 7.86. The lowest BCUT2D eigenvalue weighted by Crippen LogP contribution is -2.44. The topological polar surface area (TPSA) is 83.5 Å². The molecule has 164 valence electrons. The van der Waals surface area contributed by atoms with Crippen molar-refractivity contribution in [2.45, 2.75) is 0 Å². The highest BCUT2D eigenvalue weighted by Gasteiger charge is 2.16. The van der Waals surface area contributed by atoms with Crippen LogP contribution in [0.1, 0.15) is 5.69 Å². The maximum Gasteiger partial charge on any atom is 0.123 e. The van der Waals surface area contributed by atoms with Gasteiger partial charge in [-0.05, 0) is 55.2 Å². The lowest BCUT2D eigenvalue weighted by atomic mass is 10.0. The van der Waals surface area contributed by atoms with Crippen LogP contribution in [0, 0.1) is 0 Å². The molecule has 1 aromatic carbocycles. The molecule has 7 nitrogen and oxygen atoms in total. The summed E-state index contributed by atoms with van der Waals surface area (Å²) in [4.78, 5) is 21.1. The molecule has 0 radical (unpaired) electrons. The predicted molar refractivity (Wildman–Crippen MR) is 128 cm³/mol. The van der Waals surface area contributed by atoms with Gasteiger partial charge in [0.25, 0.3) is 0 Å². The van der Waals surface area contributed by atoms with E-state index in [1.54, 1.807) is 6.20 Å². The standard InChI is InChI=1S/C24H26FN7/c1-27-14-19(11-20(25)15-32-9-7-31(2)8-10-32)24-21-12-17(3-4-22(21)29-16-30-24)18-5-6-28-23(26)13-18/h3-6,11-14,16H,1,7-10,15H2,2H3,(H2,26,28)/b19-14+,20-11+. The molecule has 0 saturated carbocycles. The first-order valence-electron chi connectivity index (χ1n) is 10.4. The summed E-state index contributed by atoms with van der Waals surface area (Å²) in [5, 5.41) is 0.791. The van der Waals surface area contributed by atoms with Crippen molar-refractivity contribution in [3.63, 3.8) is 0 Å². The lowest BCUT2D eigenvalue weighted by molar-refractivity contribution is 0.158. The average Bonchev–Trinajstić information content (AvgIpc) is 2.79. The summed E-state index contributed by atoms with van der Waals surface area (Å²) in [5.74, 6) is 0.201. The van der Waals surface area contributed by atoms with Gasteiger partial charge in [0.05, 0.1) is 17.8 Å². The van der Waals surface area contributed by atoms with Crippen molar-refractivity contribution < 1.29 is 4.39 Å². The third-order valence-corrected chi connectivity index (χ3v) is 5.54. The van der Waals surface area contributed by atoms with Crippen LogP contribution in [0.5, 0.6) is 0 Å². The van der Waals surface area contributed by atoms with E-state index < -0.39 is 0 Å². The number of anilines is 1. The molecule has 3 aromatic rings. The fraction of sp³-hybridized carbons (Fsp3) is 0.250. The first-order valence-corrected chi connectivity index (χ1v) is 10.4. The third-order valence-electron chi connectivity index (χ3n) is 5.54. The molecule has 1 saturated heterocycles. The number of hydrogen-bond donors (Lipinski definition) is 1. The van der Waals surface area contributed by atoms with E-state index in [1.807, 2.05) is 30.3 Å². The van der Waals surface area contributed by atoms with E-state index in [2.05, 4.69) is 43.5 Å². The van der Waals surface area contributed by atoms with E-state index in [0.717, 1.165) is 48.2 Å². The van der Waals surface area contributed by atoms with Gasteiger partial charge in [0, 0.05) is 49.5 Å². The van der Waals surface area contributed by atoms with Crippen LogP contribution in [0.3, 0.4) is 0 Å². The fourth-order valence-corrected chi connectivity index (χ4v) is 3.79. The van der Waals surface area contributed by atoms with Gasteiger partial charge < -0.3 is 10.6 Å². The van der Waals surface area contributed by atoms with Gasteiger partial charge in [0.1, 0.15) is 18.0 Å². The molecule has 0 bridgehead atoms. The second-order valence-electron chi connectivity index (χ2n) is 7.86.